The van der Waals surface area contributed by atoms with Gasteiger partial charge in [-0.25, -0.2) is 0 Å². The maximum atomic E-state index is 10.9. The molecule has 0 radical (unpaired) electrons. The van der Waals surface area contributed by atoms with E-state index in [1.54, 1.807) is 12.1 Å². The Bertz CT molecular complexity index is 3460. The van der Waals surface area contributed by atoms with Crippen molar-refractivity contribution in [3.63, 3.8) is 0 Å². The number of terminal acetylenes is 1. The van der Waals surface area contributed by atoms with Gasteiger partial charge in [0.15, 0.2) is 5.78 Å². The van der Waals surface area contributed by atoms with E-state index in [0.29, 0.717) is 66.8 Å². The Kier molecular flexibility index (Phi) is 17.0. The van der Waals surface area contributed by atoms with E-state index in [4.69, 9.17) is 6.42 Å². The summed E-state index contributed by atoms with van der Waals surface area (Å²) >= 11 is 4.20. The minimum atomic E-state index is -0.313. The molecule has 0 fully saturated rings. The first-order valence-electron chi connectivity index (χ1n) is 23.9. The molecule has 0 saturated carbocycles. The molecule has 0 spiro atoms. The van der Waals surface area contributed by atoms with Crippen LogP contribution in [0.4, 0.5) is 0 Å². The zero-order chi connectivity index (χ0) is 54.2. The lowest BCUT2D eigenvalue weighted by Crippen LogP contribution is -2.12. The second-order valence-corrected chi connectivity index (χ2v) is 22.7. The van der Waals surface area contributed by atoms with Gasteiger partial charge in [0.25, 0.3) is 0 Å². The van der Waals surface area contributed by atoms with Crippen molar-refractivity contribution in [3.8, 4) is 42.7 Å². The van der Waals surface area contributed by atoms with Gasteiger partial charge < -0.3 is 0 Å². The van der Waals surface area contributed by atoms with Crippen LogP contribution in [-0.2, 0) is 26.5 Å². The van der Waals surface area contributed by atoms with Crippen LogP contribution in [0, 0.1) is 69.0 Å². The number of nitriles is 5. The lowest BCUT2D eigenvalue weighted by atomic mass is 9.82. The van der Waals surface area contributed by atoms with Gasteiger partial charge >= 0.3 is 0 Å². The summed E-state index contributed by atoms with van der Waals surface area (Å²) in [4.78, 5) is 9.65. The average Bonchev–Trinajstić information content (AvgIpc) is 3.33. The lowest BCUT2D eigenvalue weighted by Gasteiger charge is -2.22. The summed E-state index contributed by atoms with van der Waals surface area (Å²) in [5.41, 5.74) is 12.1. The Labute approximate surface area is 439 Å². The standard InChI is InChI=1S/C63H57N5.C3H4OS/c1-14-40-15-41-17-46(16-40)51(35-64)23-42-18-48(32-56(27-42)60(2,3)4)53(37-66)25-44-20-50(34-58(29-44)62(8,9)10)55(39-68)26-45-21-49(33-59(30-45)63(11,12)13)54(38-67)24-43-19-47(52(22-41)36-65)31-57(28-43)61(5,6)7;1-3(4)2-5/h1,15-34H,2-13H3;2H,1H3/b51-23?,52-22+,53-25+,54-24+,55-26+;. The molecule has 5 aromatic rings. The summed E-state index contributed by atoms with van der Waals surface area (Å²) in [6, 6.07) is 41.7. The first kappa shape index (κ1) is 55.5. The molecule has 362 valence electrons. The number of carbonyl (C=O) groups excluding carboxylic acids is 1. The van der Waals surface area contributed by atoms with Gasteiger partial charge in [-0.15, -0.1) is 6.42 Å². The summed E-state index contributed by atoms with van der Waals surface area (Å²) in [5.74, 6) is 2.68. The fourth-order valence-corrected chi connectivity index (χ4v) is 8.00. The summed E-state index contributed by atoms with van der Waals surface area (Å²) in [6.07, 6.45) is 15.2. The molecule has 73 heavy (non-hydrogen) atoms. The largest absolute Gasteiger partial charge is 0.294 e. The Morgan fingerprint density at radius 3 is 0.781 bits per heavy atom. The lowest BCUT2D eigenvalue weighted by molar-refractivity contribution is -0.110. The highest BCUT2D eigenvalue weighted by atomic mass is 32.1. The van der Waals surface area contributed by atoms with Gasteiger partial charge in [-0.1, -0.05) is 125 Å². The fourth-order valence-electron chi connectivity index (χ4n) is 8.00. The summed E-state index contributed by atoms with van der Waals surface area (Å²) in [7, 11) is 0. The predicted molar refractivity (Wildman–Crippen MR) is 307 cm³/mol. The molecule has 0 N–H and O–H groups in total. The van der Waals surface area contributed by atoms with Crippen molar-refractivity contribution in [2.24, 2.45) is 0 Å². The third kappa shape index (κ3) is 14.4. The monoisotopic (exact) mass is 971 g/mol. The van der Waals surface area contributed by atoms with E-state index in [9.17, 15) is 31.1 Å². The van der Waals surface area contributed by atoms with E-state index in [0.717, 1.165) is 49.9 Å². The highest BCUT2D eigenvalue weighted by Gasteiger charge is 2.22. The molecule has 7 heteroatoms. The summed E-state index contributed by atoms with van der Waals surface area (Å²) in [6.45, 7) is 26.8. The maximum absolute atomic E-state index is 10.9. The molecule has 1 aliphatic rings. The number of Topliss-reactive ketones (excluding diaryl/α,β-unsaturated/α-hetero) is 1. The molecule has 0 heterocycles. The topological polar surface area (TPSA) is 136 Å². The first-order chi connectivity index (χ1) is 34.1. The SMILES string of the molecule is C#Cc1cc2cc(c1)C(C#N)=Cc1cc(cc(C(C)(C)C)c1)/C(C#N)=C/c1cc(cc(C(C)(C)C)c1)/C(C#N)=C/c1cc(cc(C(C)(C)C)c1)/C(C#N)=C/c1cc(cc(C(C)(C)C)c1)/C(C#N)=C/2.CC(=O)C=S. The molecular weight excluding hydrogens is 911 g/mol. The van der Waals surface area contributed by atoms with Crippen LogP contribution in [0.2, 0.25) is 0 Å². The second kappa shape index (κ2) is 22.3. The van der Waals surface area contributed by atoms with Crippen LogP contribution in [0.15, 0.2) is 91.0 Å². The van der Waals surface area contributed by atoms with E-state index in [2.05, 4.69) is 150 Å². The van der Waals surface area contributed by atoms with Gasteiger partial charge in [-0.2, -0.15) is 26.3 Å². The molecule has 6 nitrogen and oxygen atoms in total. The van der Waals surface area contributed by atoms with Crippen LogP contribution in [-0.4, -0.2) is 11.2 Å². The number of carbonyl (C=O) groups is 1. The van der Waals surface area contributed by atoms with Crippen molar-refractivity contribution >= 4 is 81.6 Å². The predicted octanol–water partition coefficient (Wildman–Crippen LogP) is 16.1. The minimum absolute atomic E-state index is 0.0556. The number of thiocarbonyl (C=S) groups is 1. The number of rotatable bonds is 1. The van der Waals surface area contributed by atoms with Crippen LogP contribution in [0.1, 0.15) is 173 Å². The van der Waals surface area contributed by atoms with Gasteiger partial charge in [0.05, 0.1) is 58.2 Å². The smallest absolute Gasteiger partial charge is 0.163 e. The van der Waals surface area contributed by atoms with Gasteiger partial charge in [0.1, 0.15) is 0 Å². The normalized spacial score (nSPS) is 15.7. The minimum Gasteiger partial charge on any atom is -0.294 e. The molecular formula is C66H61N5OS. The molecule has 0 amide bonds. The molecule has 0 saturated heterocycles. The van der Waals surface area contributed by atoms with Crippen LogP contribution in [0.5, 0.6) is 0 Å². The second-order valence-electron chi connectivity index (χ2n) is 22.4. The maximum Gasteiger partial charge on any atom is 0.163 e. The van der Waals surface area contributed by atoms with Crippen molar-refractivity contribution in [2.45, 2.75) is 112 Å². The van der Waals surface area contributed by atoms with E-state index in [1.807, 2.05) is 91.0 Å². The van der Waals surface area contributed by atoms with E-state index >= 15 is 0 Å². The Hall–Kier alpha value is -8.43. The van der Waals surface area contributed by atoms with Gasteiger partial charge in [0, 0.05) is 10.9 Å². The van der Waals surface area contributed by atoms with Gasteiger partial charge in [0.2, 0.25) is 0 Å². The van der Waals surface area contributed by atoms with Crippen molar-refractivity contribution in [2.75, 3.05) is 0 Å². The van der Waals surface area contributed by atoms with Crippen molar-refractivity contribution in [1.82, 2.24) is 0 Å². The molecule has 0 aliphatic heterocycles. The molecule has 0 unspecified atom stereocenters. The molecule has 0 atom stereocenters. The van der Waals surface area contributed by atoms with Crippen LogP contribution < -0.4 is 0 Å². The molecule has 6 rings (SSSR count). The average molecular weight is 972 g/mol. The highest BCUT2D eigenvalue weighted by molar-refractivity contribution is 7.80. The number of allylic oxidation sites excluding steroid dienone is 5. The Morgan fingerprint density at radius 1 is 0.397 bits per heavy atom. The van der Waals surface area contributed by atoms with Crippen molar-refractivity contribution in [1.29, 1.82) is 26.3 Å². The summed E-state index contributed by atoms with van der Waals surface area (Å²) in [5, 5.41) is 55.3. The number of ketones is 1. The molecule has 10 bridgehead atoms. The van der Waals surface area contributed by atoms with Crippen LogP contribution in [0.3, 0.4) is 0 Å². The number of benzene rings is 5. The zero-order valence-corrected chi connectivity index (χ0v) is 45.1. The van der Waals surface area contributed by atoms with E-state index in [1.165, 1.54) is 6.92 Å². The zero-order valence-electron chi connectivity index (χ0n) is 44.3. The van der Waals surface area contributed by atoms with E-state index in [-0.39, 0.29) is 27.4 Å². The Balaban J connectivity index is 0.00000188. The molecule has 1 aliphatic carbocycles. The third-order valence-electron chi connectivity index (χ3n) is 12.3. The third-order valence-corrected chi connectivity index (χ3v) is 12.6. The quantitative estimate of drug-likeness (QED) is 0.120. The van der Waals surface area contributed by atoms with Crippen molar-refractivity contribution < 1.29 is 4.79 Å². The molecule has 5 aromatic carbocycles. The van der Waals surface area contributed by atoms with Crippen molar-refractivity contribution in [3.05, 3.63) is 174 Å². The summed E-state index contributed by atoms with van der Waals surface area (Å²) < 4.78 is 0. The molecule has 0 aromatic heterocycles. The Morgan fingerprint density at radius 2 is 0.603 bits per heavy atom. The number of fused-ring (bicyclic) bond motifs is 10. The van der Waals surface area contributed by atoms with E-state index < -0.39 is 0 Å². The number of hydrogen-bond donors (Lipinski definition) is 0. The van der Waals surface area contributed by atoms with Gasteiger partial charge in [-0.05, 0) is 204 Å². The first-order valence-corrected chi connectivity index (χ1v) is 24.4. The van der Waals surface area contributed by atoms with Crippen LogP contribution in [0.25, 0.3) is 58.2 Å². The fraction of sp³-hybridized carbons (Fsp3) is 0.258. The highest BCUT2D eigenvalue weighted by Crippen LogP contribution is 2.36. The number of nitrogens with zero attached hydrogens (tertiary/aromatic N) is 5. The number of hydrogen-bond acceptors (Lipinski definition) is 7. The van der Waals surface area contributed by atoms with Gasteiger partial charge in [-0.3, -0.25) is 4.79 Å². The van der Waals surface area contributed by atoms with Crippen LogP contribution >= 0.6 is 12.2 Å².